The number of rotatable bonds is 6. The number of aromatic nitrogens is 1. The van der Waals surface area contributed by atoms with Gasteiger partial charge in [-0.25, -0.2) is 9.18 Å². The summed E-state index contributed by atoms with van der Waals surface area (Å²) in [5.41, 5.74) is 0.746. The van der Waals surface area contributed by atoms with Crippen LogP contribution in [0.3, 0.4) is 0 Å². The standard InChI is InChI=1S/C16H17FN2O4/c1-9(2)6-12-8-13(23-19-12)15(20)18-14(16(21)22)10-4-3-5-11(17)7-10/h3-5,7-9,14H,6H2,1-2H3,(H,18,20)(H,21,22)/t14-/m1/s1. The summed E-state index contributed by atoms with van der Waals surface area (Å²) in [5.74, 6) is -2.34. The van der Waals surface area contributed by atoms with E-state index in [4.69, 9.17) is 4.52 Å². The van der Waals surface area contributed by atoms with Crippen LogP contribution in [0.5, 0.6) is 0 Å². The molecule has 0 spiro atoms. The number of carbonyl (C=O) groups excluding carboxylic acids is 1. The molecule has 0 aliphatic rings. The smallest absolute Gasteiger partial charge is 0.330 e. The van der Waals surface area contributed by atoms with Crippen LogP contribution in [0.1, 0.15) is 41.7 Å². The fraction of sp³-hybridized carbons (Fsp3) is 0.312. The minimum absolute atomic E-state index is 0.0803. The number of halogens is 1. The van der Waals surface area contributed by atoms with Gasteiger partial charge < -0.3 is 14.9 Å². The van der Waals surface area contributed by atoms with Crippen molar-refractivity contribution in [3.8, 4) is 0 Å². The fourth-order valence-corrected chi connectivity index (χ4v) is 2.11. The molecule has 2 rings (SSSR count). The second-order valence-electron chi connectivity index (χ2n) is 5.58. The van der Waals surface area contributed by atoms with Gasteiger partial charge in [0.2, 0.25) is 5.76 Å². The van der Waals surface area contributed by atoms with Crippen molar-refractivity contribution in [2.24, 2.45) is 5.92 Å². The van der Waals surface area contributed by atoms with Gasteiger partial charge >= 0.3 is 5.97 Å². The van der Waals surface area contributed by atoms with E-state index in [1.807, 2.05) is 13.8 Å². The number of nitrogens with zero attached hydrogens (tertiary/aromatic N) is 1. The monoisotopic (exact) mass is 320 g/mol. The van der Waals surface area contributed by atoms with Gasteiger partial charge in [-0.3, -0.25) is 4.79 Å². The highest BCUT2D eigenvalue weighted by Crippen LogP contribution is 2.16. The van der Waals surface area contributed by atoms with E-state index in [2.05, 4.69) is 10.5 Å². The van der Waals surface area contributed by atoms with Crippen molar-refractivity contribution in [3.63, 3.8) is 0 Å². The van der Waals surface area contributed by atoms with Gasteiger partial charge in [0, 0.05) is 6.07 Å². The lowest BCUT2D eigenvalue weighted by Crippen LogP contribution is -2.33. The maximum Gasteiger partial charge on any atom is 0.330 e. The molecule has 0 aliphatic heterocycles. The summed E-state index contributed by atoms with van der Waals surface area (Å²) in [6.45, 7) is 4.00. The van der Waals surface area contributed by atoms with Gasteiger partial charge in [0.1, 0.15) is 5.82 Å². The second kappa shape index (κ2) is 7.04. The van der Waals surface area contributed by atoms with Crippen molar-refractivity contribution in [2.75, 3.05) is 0 Å². The topological polar surface area (TPSA) is 92.4 Å². The molecule has 2 aromatic rings. The number of amides is 1. The molecular formula is C16H17FN2O4. The predicted molar refractivity (Wildman–Crippen MR) is 79.3 cm³/mol. The molecule has 1 aromatic carbocycles. The molecule has 1 aromatic heterocycles. The van der Waals surface area contributed by atoms with Gasteiger partial charge in [0.25, 0.3) is 5.91 Å². The fourth-order valence-electron chi connectivity index (χ4n) is 2.11. The summed E-state index contributed by atoms with van der Waals surface area (Å²) in [4.78, 5) is 23.5. The zero-order chi connectivity index (χ0) is 17.0. The molecule has 1 atom stereocenters. The molecule has 6 nitrogen and oxygen atoms in total. The van der Waals surface area contributed by atoms with Crippen LogP contribution in [0, 0.1) is 11.7 Å². The molecule has 0 fully saturated rings. The molecule has 2 N–H and O–H groups in total. The number of carboxylic acids is 1. The van der Waals surface area contributed by atoms with E-state index in [9.17, 15) is 19.1 Å². The van der Waals surface area contributed by atoms with E-state index in [0.717, 1.165) is 6.07 Å². The normalized spacial score (nSPS) is 12.2. The van der Waals surface area contributed by atoms with Crippen LogP contribution in [0.2, 0.25) is 0 Å². The maximum absolute atomic E-state index is 13.2. The number of hydrogen-bond donors (Lipinski definition) is 2. The molecule has 1 heterocycles. The molecule has 0 saturated heterocycles. The summed E-state index contributed by atoms with van der Waals surface area (Å²) in [6, 6.07) is 5.15. The van der Waals surface area contributed by atoms with Crippen molar-refractivity contribution in [1.29, 1.82) is 0 Å². The molecule has 0 saturated carbocycles. The van der Waals surface area contributed by atoms with E-state index in [-0.39, 0.29) is 11.3 Å². The third kappa shape index (κ3) is 4.38. The minimum atomic E-state index is -1.38. The van der Waals surface area contributed by atoms with Crippen LogP contribution in [0.15, 0.2) is 34.9 Å². The molecule has 7 heteroatoms. The first-order valence-corrected chi connectivity index (χ1v) is 7.11. The molecule has 0 bridgehead atoms. The number of aliphatic carboxylic acids is 1. The maximum atomic E-state index is 13.2. The number of carboxylic acid groups (broad SMARTS) is 1. The largest absolute Gasteiger partial charge is 0.479 e. The Morgan fingerprint density at radius 2 is 2.09 bits per heavy atom. The first-order chi connectivity index (χ1) is 10.9. The van der Waals surface area contributed by atoms with Gasteiger partial charge in [0.05, 0.1) is 5.69 Å². The zero-order valence-electron chi connectivity index (χ0n) is 12.7. The van der Waals surface area contributed by atoms with Crippen molar-refractivity contribution in [1.82, 2.24) is 10.5 Å². The Morgan fingerprint density at radius 3 is 2.70 bits per heavy atom. The Balaban J connectivity index is 2.15. The van der Waals surface area contributed by atoms with Crippen LogP contribution < -0.4 is 5.32 Å². The molecule has 0 radical (unpaired) electrons. The average Bonchev–Trinajstić information content (AvgIpc) is 2.91. The highest BCUT2D eigenvalue weighted by atomic mass is 19.1. The average molecular weight is 320 g/mol. The SMILES string of the molecule is CC(C)Cc1cc(C(=O)N[C@@H](C(=O)O)c2cccc(F)c2)on1. The Labute approximate surface area is 132 Å². The molecule has 0 unspecified atom stereocenters. The summed E-state index contributed by atoms with van der Waals surface area (Å²) in [6.07, 6.45) is 0.642. The molecule has 1 amide bonds. The lowest BCUT2D eigenvalue weighted by atomic mass is 10.1. The summed E-state index contributed by atoms with van der Waals surface area (Å²) >= 11 is 0. The summed E-state index contributed by atoms with van der Waals surface area (Å²) < 4.78 is 18.2. The summed E-state index contributed by atoms with van der Waals surface area (Å²) in [7, 11) is 0. The van der Waals surface area contributed by atoms with Crippen LogP contribution in [0.4, 0.5) is 4.39 Å². The highest BCUT2D eigenvalue weighted by Gasteiger charge is 2.25. The minimum Gasteiger partial charge on any atom is -0.479 e. The number of hydrogen-bond acceptors (Lipinski definition) is 4. The van der Waals surface area contributed by atoms with Crippen molar-refractivity contribution >= 4 is 11.9 Å². The Bertz CT molecular complexity index is 712. The second-order valence-corrected chi connectivity index (χ2v) is 5.58. The van der Waals surface area contributed by atoms with Gasteiger partial charge in [-0.1, -0.05) is 31.1 Å². The first kappa shape index (κ1) is 16.7. The van der Waals surface area contributed by atoms with E-state index < -0.39 is 23.7 Å². The van der Waals surface area contributed by atoms with Crippen LogP contribution >= 0.6 is 0 Å². The predicted octanol–water partition coefficient (Wildman–Crippen LogP) is 2.57. The van der Waals surface area contributed by atoms with Crippen LogP contribution in [-0.2, 0) is 11.2 Å². The van der Waals surface area contributed by atoms with Gasteiger partial charge in [-0.05, 0) is 30.0 Å². The van der Waals surface area contributed by atoms with Crippen molar-refractivity contribution in [3.05, 3.63) is 53.2 Å². The van der Waals surface area contributed by atoms with Gasteiger partial charge in [-0.2, -0.15) is 0 Å². The van der Waals surface area contributed by atoms with Crippen LogP contribution in [-0.4, -0.2) is 22.1 Å². The number of carbonyl (C=O) groups is 2. The number of benzene rings is 1. The third-order valence-electron chi connectivity index (χ3n) is 3.10. The highest BCUT2D eigenvalue weighted by molar-refractivity contribution is 5.94. The van der Waals surface area contributed by atoms with Gasteiger partial charge in [0.15, 0.2) is 6.04 Å². The lowest BCUT2D eigenvalue weighted by Gasteiger charge is -2.13. The number of nitrogens with one attached hydrogen (secondary N) is 1. The van der Waals surface area contributed by atoms with Crippen molar-refractivity contribution < 1.29 is 23.6 Å². The van der Waals surface area contributed by atoms with Crippen molar-refractivity contribution in [2.45, 2.75) is 26.3 Å². The van der Waals surface area contributed by atoms with Crippen LogP contribution in [0.25, 0.3) is 0 Å². The Hall–Kier alpha value is -2.70. The molecule has 122 valence electrons. The first-order valence-electron chi connectivity index (χ1n) is 7.11. The van der Waals surface area contributed by atoms with Gasteiger partial charge in [-0.15, -0.1) is 0 Å². The Morgan fingerprint density at radius 1 is 1.35 bits per heavy atom. The molecule has 23 heavy (non-hydrogen) atoms. The third-order valence-corrected chi connectivity index (χ3v) is 3.10. The zero-order valence-corrected chi connectivity index (χ0v) is 12.7. The summed E-state index contributed by atoms with van der Waals surface area (Å²) in [5, 5.41) is 15.3. The Kier molecular flexibility index (Phi) is 5.10. The molecular weight excluding hydrogens is 303 g/mol. The van der Waals surface area contributed by atoms with E-state index >= 15 is 0 Å². The lowest BCUT2D eigenvalue weighted by molar-refractivity contribution is -0.139. The quantitative estimate of drug-likeness (QED) is 0.853. The van der Waals surface area contributed by atoms with E-state index in [1.54, 1.807) is 0 Å². The van der Waals surface area contributed by atoms with E-state index in [1.165, 1.54) is 24.3 Å². The van der Waals surface area contributed by atoms with E-state index in [0.29, 0.717) is 18.0 Å². The molecule has 0 aliphatic carbocycles.